The van der Waals surface area contributed by atoms with Crippen molar-refractivity contribution in [1.82, 2.24) is 25.0 Å². The van der Waals surface area contributed by atoms with Gasteiger partial charge in [-0.3, -0.25) is 0 Å². The number of carbonyl (C=O) groups is 1. The molecular weight excluding hydrogens is 367 g/mol. The number of fused-ring (bicyclic) bond motifs is 1. The first-order valence-electron chi connectivity index (χ1n) is 9.23. The molecular formula is C18H21FN6OS. The van der Waals surface area contributed by atoms with Crippen LogP contribution in [-0.2, 0) is 6.54 Å². The number of anilines is 1. The number of aromatic nitrogens is 3. The van der Waals surface area contributed by atoms with Gasteiger partial charge in [0.05, 0.1) is 35.2 Å². The summed E-state index contributed by atoms with van der Waals surface area (Å²) in [6.07, 6.45) is 1.54. The van der Waals surface area contributed by atoms with E-state index in [2.05, 4.69) is 22.3 Å². The first-order chi connectivity index (χ1) is 13.1. The van der Waals surface area contributed by atoms with Gasteiger partial charge in [-0.2, -0.15) is 9.78 Å². The fraction of sp³-hybridized carbons (Fsp3) is 0.500. The van der Waals surface area contributed by atoms with E-state index in [-0.39, 0.29) is 11.4 Å². The average molecular weight is 388 g/mol. The minimum absolute atomic E-state index is 0.0692. The van der Waals surface area contributed by atoms with E-state index in [1.165, 1.54) is 4.68 Å². The SMILES string of the molecule is CC1NCC(N2Cc3cc(-c4ccc(N5CC[C@@H](F)C5)nc4)nn3C2=O)S1. The normalized spacial score (nSPS) is 27.6. The molecule has 0 bridgehead atoms. The molecule has 5 heterocycles. The molecule has 2 fully saturated rings. The summed E-state index contributed by atoms with van der Waals surface area (Å²) in [7, 11) is 0. The van der Waals surface area contributed by atoms with Gasteiger partial charge in [-0.25, -0.2) is 14.2 Å². The van der Waals surface area contributed by atoms with Gasteiger partial charge in [0, 0.05) is 24.8 Å². The van der Waals surface area contributed by atoms with Crippen LogP contribution in [0.3, 0.4) is 0 Å². The first-order valence-corrected chi connectivity index (χ1v) is 10.2. The molecule has 2 saturated heterocycles. The van der Waals surface area contributed by atoms with E-state index in [4.69, 9.17) is 0 Å². The summed E-state index contributed by atoms with van der Waals surface area (Å²) in [5, 5.41) is 8.37. The van der Waals surface area contributed by atoms with Crippen molar-refractivity contribution < 1.29 is 9.18 Å². The lowest BCUT2D eigenvalue weighted by molar-refractivity contribution is 0.203. The zero-order valence-corrected chi connectivity index (χ0v) is 15.8. The predicted molar refractivity (Wildman–Crippen MR) is 102 cm³/mol. The van der Waals surface area contributed by atoms with Crippen LogP contribution in [-0.4, -0.2) is 62.2 Å². The van der Waals surface area contributed by atoms with E-state index < -0.39 is 6.17 Å². The number of alkyl halides is 1. The Morgan fingerprint density at radius 2 is 2.26 bits per heavy atom. The molecule has 5 rings (SSSR count). The third-order valence-corrected chi connectivity index (χ3v) is 6.64. The third kappa shape index (κ3) is 2.98. The molecule has 0 radical (unpaired) electrons. The van der Waals surface area contributed by atoms with Gasteiger partial charge in [0.1, 0.15) is 12.0 Å². The number of hydrogen-bond donors (Lipinski definition) is 1. The second-order valence-electron chi connectivity index (χ2n) is 7.22. The Morgan fingerprint density at radius 1 is 1.37 bits per heavy atom. The fourth-order valence-electron chi connectivity index (χ4n) is 3.86. The van der Waals surface area contributed by atoms with Crippen molar-refractivity contribution in [2.75, 3.05) is 24.5 Å². The molecule has 3 aliphatic heterocycles. The molecule has 7 nitrogen and oxygen atoms in total. The van der Waals surface area contributed by atoms with Gasteiger partial charge >= 0.3 is 6.03 Å². The quantitative estimate of drug-likeness (QED) is 0.870. The smallest absolute Gasteiger partial charge is 0.346 e. The van der Waals surface area contributed by atoms with Gasteiger partial charge < -0.3 is 15.1 Å². The van der Waals surface area contributed by atoms with Crippen LogP contribution in [0.5, 0.6) is 0 Å². The van der Waals surface area contributed by atoms with Crippen molar-refractivity contribution in [3.05, 3.63) is 30.1 Å². The summed E-state index contributed by atoms with van der Waals surface area (Å²) in [4.78, 5) is 21.0. The minimum Gasteiger partial charge on any atom is -0.354 e. The monoisotopic (exact) mass is 388 g/mol. The summed E-state index contributed by atoms with van der Waals surface area (Å²) in [5.41, 5.74) is 2.51. The fourth-order valence-corrected chi connectivity index (χ4v) is 5.03. The van der Waals surface area contributed by atoms with E-state index in [0.717, 1.165) is 29.3 Å². The molecule has 27 heavy (non-hydrogen) atoms. The summed E-state index contributed by atoms with van der Waals surface area (Å²) < 4.78 is 14.9. The molecule has 0 saturated carbocycles. The van der Waals surface area contributed by atoms with Crippen molar-refractivity contribution in [3.8, 4) is 11.3 Å². The van der Waals surface area contributed by atoms with Crippen molar-refractivity contribution in [1.29, 1.82) is 0 Å². The zero-order valence-electron chi connectivity index (χ0n) is 15.0. The number of nitrogens with zero attached hydrogens (tertiary/aromatic N) is 5. The average Bonchev–Trinajstić information content (AvgIpc) is 3.42. The molecule has 1 N–H and O–H groups in total. The number of rotatable bonds is 3. The van der Waals surface area contributed by atoms with E-state index in [1.807, 2.05) is 28.0 Å². The van der Waals surface area contributed by atoms with E-state index in [0.29, 0.717) is 31.4 Å². The molecule has 3 aliphatic rings. The lowest BCUT2D eigenvalue weighted by Crippen LogP contribution is -2.37. The second-order valence-corrected chi connectivity index (χ2v) is 8.74. The maximum absolute atomic E-state index is 13.4. The van der Waals surface area contributed by atoms with Crippen LogP contribution in [0, 0.1) is 0 Å². The summed E-state index contributed by atoms with van der Waals surface area (Å²) in [6.45, 7) is 4.59. The number of halogens is 1. The van der Waals surface area contributed by atoms with Crippen molar-refractivity contribution in [2.45, 2.75) is 36.8 Å². The highest BCUT2D eigenvalue weighted by Gasteiger charge is 2.37. The highest BCUT2D eigenvalue weighted by molar-refractivity contribution is 8.00. The van der Waals surface area contributed by atoms with Crippen LogP contribution in [0.4, 0.5) is 15.0 Å². The van der Waals surface area contributed by atoms with Crippen molar-refractivity contribution in [2.24, 2.45) is 0 Å². The summed E-state index contributed by atoms with van der Waals surface area (Å²) >= 11 is 1.77. The largest absolute Gasteiger partial charge is 0.354 e. The second kappa shape index (κ2) is 6.49. The Morgan fingerprint density at radius 3 is 2.89 bits per heavy atom. The Hall–Kier alpha value is -2.13. The molecule has 2 aromatic rings. The molecule has 2 unspecified atom stereocenters. The lowest BCUT2D eigenvalue weighted by atomic mass is 10.2. The molecule has 2 aromatic heterocycles. The number of carbonyl (C=O) groups excluding carboxylic acids is 1. The number of pyridine rings is 1. The Labute approximate surface area is 160 Å². The van der Waals surface area contributed by atoms with E-state index >= 15 is 0 Å². The van der Waals surface area contributed by atoms with Crippen LogP contribution in [0.1, 0.15) is 19.0 Å². The first kappa shape index (κ1) is 17.0. The number of nitrogens with one attached hydrogen (secondary N) is 1. The minimum atomic E-state index is -0.771. The van der Waals surface area contributed by atoms with Crippen LogP contribution >= 0.6 is 11.8 Å². The van der Waals surface area contributed by atoms with Gasteiger partial charge in [-0.15, -0.1) is 11.8 Å². The maximum atomic E-state index is 13.4. The number of amides is 1. The topological polar surface area (TPSA) is 66.3 Å². The number of hydrogen-bond acceptors (Lipinski definition) is 6. The van der Waals surface area contributed by atoms with E-state index in [1.54, 1.807) is 18.0 Å². The molecule has 0 aromatic carbocycles. The van der Waals surface area contributed by atoms with Crippen LogP contribution in [0.2, 0.25) is 0 Å². The predicted octanol–water partition coefficient (Wildman–Crippen LogP) is 2.29. The zero-order chi connectivity index (χ0) is 18.5. The Kier molecular flexibility index (Phi) is 4.08. The highest BCUT2D eigenvalue weighted by atomic mass is 32.2. The molecule has 142 valence electrons. The third-order valence-electron chi connectivity index (χ3n) is 5.33. The van der Waals surface area contributed by atoms with Crippen LogP contribution < -0.4 is 10.2 Å². The molecule has 0 spiro atoms. The van der Waals surface area contributed by atoms with Crippen LogP contribution in [0.15, 0.2) is 24.4 Å². The summed E-state index contributed by atoms with van der Waals surface area (Å²) in [5.74, 6) is 0.785. The van der Waals surface area contributed by atoms with Crippen molar-refractivity contribution in [3.63, 3.8) is 0 Å². The lowest BCUT2D eigenvalue weighted by Gasteiger charge is -2.21. The Balaban J connectivity index is 1.32. The number of thioether (sulfide) groups is 1. The van der Waals surface area contributed by atoms with Gasteiger partial charge in [0.15, 0.2) is 0 Å². The van der Waals surface area contributed by atoms with Gasteiger partial charge in [-0.1, -0.05) is 0 Å². The van der Waals surface area contributed by atoms with Crippen LogP contribution in [0.25, 0.3) is 11.3 Å². The maximum Gasteiger partial charge on any atom is 0.346 e. The standard InChI is InChI=1S/C18H21FN6OS/c1-11-20-8-17(27-11)24-10-14-6-15(22-25(14)18(24)26)12-2-3-16(21-7-12)23-5-4-13(19)9-23/h2-3,6-7,11,13,17,20H,4-5,8-10H2,1H3/t11?,13-,17?/m1/s1. The Bertz CT molecular complexity index is 871. The van der Waals surface area contributed by atoms with Gasteiger partial charge in [0.2, 0.25) is 0 Å². The molecule has 1 amide bonds. The van der Waals surface area contributed by atoms with E-state index in [9.17, 15) is 9.18 Å². The summed E-state index contributed by atoms with van der Waals surface area (Å²) in [6, 6.07) is 5.72. The molecule has 3 atom stereocenters. The highest BCUT2D eigenvalue weighted by Crippen LogP contribution is 2.32. The van der Waals surface area contributed by atoms with Crippen molar-refractivity contribution >= 4 is 23.6 Å². The molecule has 0 aliphatic carbocycles. The van der Waals surface area contributed by atoms with Gasteiger partial charge in [-0.05, 0) is 31.5 Å². The van der Waals surface area contributed by atoms with Gasteiger partial charge in [0.25, 0.3) is 0 Å². The molecule has 9 heteroatoms.